The maximum atomic E-state index is 11.9. The fraction of sp³-hybridized carbons (Fsp3) is 0.235. The lowest BCUT2D eigenvalue weighted by molar-refractivity contribution is -0.121. The van der Waals surface area contributed by atoms with Gasteiger partial charge in [0, 0.05) is 9.79 Å². The van der Waals surface area contributed by atoms with Crippen molar-refractivity contribution in [3.05, 3.63) is 54.6 Å². The zero-order valence-corrected chi connectivity index (χ0v) is 13.0. The molecule has 1 amide bonds. The number of amides is 1. The zero-order chi connectivity index (χ0) is 15.1. The average Bonchev–Trinajstić information content (AvgIpc) is 2.48. The van der Waals surface area contributed by atoms with Gasteiger partial charge in [0.15, 0.2) is 0 Å². The van der Waals surface area contributed by atoms with Gasteiger partial charge in [0.1, 0.15) is 6.61 Å². The Hall–Kier alpha value is -1.78. The summed E-state index contributed by atoms with van der Waals surface area (Å²) in [5.41, 5.74) is 0.809. The average molecular weight is 301 g/mol. The second kappa shape index (κ2) is 7.86. The van der Waals surface area contributed by atoms with Gasteiger partial charge < -0.3 is 10.1 Å². The van der Waals surface area contributed by atoms with Crippen LogP contribution in [0, 0.1) is 0 Å². The van der Waals surface area contributed by atoms with E-state index in [2.05, 4.69) is 5.32 Å². The van der Waals surface area contributed by atoms with Gasteiger partial charge in [0.2, 0.25) is 5.91 Å². The predicted octanol–water partition coefficient (Wildman–Crippen LogP) is 4.20. The highest BCUT2D eigenvalue weighted by Crippen LogP contribution is 2.33. The number of ether oxygens (including phenoxy) is 1. The van der Waals surface area contributed by atoms with Gasteiger partial charge in [-0.3, -0.25) is 4.79 Å². The fourth-order valence-corrected chi connectivity index (χ4v) is 2.63. The highest BCUT2D eigenvalue weighted by molar-refractivity contribution is 7.99. The molecule has 0 saturated heterocycles. The first-order valence-corrected chi connectivity index (χ1v) is 7.70. The maximum Gasteiger partial charge on any atom is 0.250 e. The molecule has 0 heterocycles. The quantitative estimate of drug-likeness (QED) is 0.869. The Bertz CT molecular complexity index is 584. The maximum absolute atomic E-state index is 11.9. The topological polar surface area (TPSA) is 38.3 Å². The molecule has 4 heteroatoms. The number of carbonyl (C=O) groups excluding carboxylic acids is 1. The van der Waals surface area contributed by atoms with E-state index < -0.39 is 0 Å². The third-order valence-corrected chi connectivity index (χ3v) is 3.76. The molecule has 0 aliphatic carbocycles. The lowest BCUT2D eigenvalue weighted by Gasteiger charge is -2.12. The molecule has 0 spiro atoms. The van der Waals surface area contributed by atoms with Gasteiger partial charge in [0.25, 0.3) is 0 Å². The summed E-state index contributed by atoms with van der Waals surface area (Å²) in [5, 5.41) is 2.90. The number of nitrogens with one attached hydrogen (secondary N) is 1. The Morgan fingerprint density at radius 1 is 1.10 bits per heavy atom. The van der Waals surface area contributed by atoms with E-state index in [0.29, 0.717) is 0 Å². The molecule has 0 radical (unpaired) electrons. The van der Waals surface area contributed by atoms with E-state index in [1.165, 1.54) is 0 Å². The second-order valence-corrected chi connectivity index (χ2v) is 5.93. The van der Waals surface area contributed by atoms with Gasteiger partial charge in [-0.15, -0.1) is 0 Å². The van der Waals surface area contributed by atoms with Crippen molar-refractivity contribution in [1.82, 2.24) is 0 Å². The van der Waals surface area contributed by atoms with Crippen LogP contribution in [0.1, 0.15) is 13.8 Å². The standard InChI is InChI=1S/C17H19NO2S/c1-13(2)20-12-17(19)18-15-10-6-7-11-16(15)21-14-8-4-3-5-9-14/h3-11,13H,12H2,1-2H3,(H,18,19). The molecule has 2 aromatic rings. The molecule has 3 nitrogen and oxygen atoms in total. The highest BCUT2D eigenvalue weighted by atomic mass is 32.2. The Balaban J connectivity index is 2.05. The molecule has 0 saturated carbocycles. The van der Waals surface area contributed by atoms with Crippen molar-refractivity contribution in [3.8, 4) is 0 Å². The minimum absolute atomic E-state index is 0.0460. The van der Waals surface area contributed by atoms with Crippen molar-refractivity contribution in [1.29, 1.82) is 0 Å². The van der Waals surface area contributed by atoms with Gasteiger partial charge in [0.05, 0.1) is 11.8 Å². The van der Waals surface area contributed by atoms with Crippen LogP contribution >= 0.6 is 11.8 Å². The summed E-state index contributed by atoms with van der Waals surface area (Å²) in [7, 11) is 0. The molecular formula is C17H19NO2S. The third kappa shape index (κ3) is 5.25. The van der Waals surface area contributed by atoms with Crippen molar-refractivity contribution >= 4 is 23.4 Å². The lowest BCUT2D eigenvalue weighted by Crippen LogP contribution is -2.20. The first-order valence-electron chi connectivity index (χ1n) is 6.88. The van der Waals surface area contributed by atoms with Crippen LogP contribution in [-0.4, -0.2) is 18.6 Å². The summed E-state index contributed by atoms with van der Waals surface area (Å²) >= 11 is 1.63. The largest absolute Gasteiger partial charge is 0.369 e. The van der Waals surface area contributed by atoms with Gasteiger partial charge in [-0.1, -0.05) is 42.1 Å². The molecule has 0 fully saturated rings. The summed E-state index contributed by atoms with van der Waals surface area (Å²) in [6.07, 6.45) is 0.0460. The van der Waals surface area contributed by atoms with Crippen LogP contribution in [0.5, 0.6) is 0 Å². The number of benzene rings is 2. The van der Waals surface area contributed by atoms with Crippen LogP contribution in [-0.2, 0) is 9.53 Å². The molecule has 1 N–H and O–H groups in total. The van der Waals surface area contributed by atoms with Crippen molar-refractivity contribution in [2.45, 2.75) is 29.7 Å². The number of anilines is 1. The second-order valence-electron chi connectivity index (χ2n) is 4.82. The molecule has 0 bridgehead atoms. The number of carbonyl (C=O) groups is 1. The van der Waals surface area contributed by atoms with Crippen molar-refractivity contribution < 1.29 is 9.53 Å². The first-order chi connectivity index (χ1) is 10.1. The molecule has 0 aliphatic heterocycles. The normalized spacial score (nSPS) is 10.6. The van der Waals surface area contributed by atoms with E-state index in [9.17, 15) is 4.79 Å². The molecule has 2 rings (SSSR count). The molecule has 0 unspecified atom stereocenters. The summed E-state index contributed by atoms with van der Waals surface area (Å²) in [5.74, 6) is -0.134. The number of para-hydroxylation sites is 1. The fourth-order valence-electron chi connectivity index (χ4n) is 1.70. The van der Waals surface area contributed by atoms with Crippen LogP contribution in [0.25, 0.3) is 0 Å². The monoisotopic (exact) mass is 301 g/mol. The smallest absolute Gasteiger partial charge is 0.250 e. The first kappa shape index (κ1) is 15.6. The van der Waals surface area contributed by atoms with Crippen molar-refractivity contribution in [3.63, 3.8) is 0 Å². The summed E-state index contributed by atoms with van der Waals surface area (Å²) in [6.45, 7) is 3.89. The minimum atomic E-state index is -0.134. The molecule has 0 atom stereocenters. The van der Waals surface area contributed by atoms with Crippen LogP contribution in [0.4, 0.5) is 5.69 Å². The Kier molecular flexibility index (Phi) is 5.84. The van der Waals surface area contributed by atoms with Crippen LogP contribution in [0.15, 0.2) is 64.4 Å². The Morgan fingerprint density at radius 2 is 1.76 bits per heavy atom. The van der Waals surface area contributed by atoms with Gasteiger partial charge in [-0.05, 0) is 38.1 Å². The number of hydrogen-bond donors (Lipinski definition) is 1. The van der Waals surface area contributed by atoms with Crippen molar-refractivity contribution in [2.24, 2.45) is 0 Å². The summed E-state index contributed by atoms with van der Waals surface area (Å²) in [6, 6.07) is 17.9. The predicted molar refractivity (Wildman–Crippen MR) is 86.7 cm³/mol. The van der Waals surface area contributed by atoms with E-state index in [4.69, 9.17) is 4.74 Å². The number of rotatable bonds is 6. The van der Waals surface area contributed by atoms with Crippen LogP contribution in [0.2, 0.25) is 0 Å². The van der Waals surface area contributed by atoms with Gasteiger partial charge in [-0.2, -0.15) is 0 Å². The highest BCUT2D eigenvalue weighted by Gasteiger charge is 2.08. The van der Waals surface area contributed by atoms with Gasteiger partial charge >= 0.3 is 0 Å². The number of hydrogen-bond acceptors (Lipinski definition) is 3. The lowest BCUT2D eigenvalue weighted by atomic mass is 10.3. The van der Waals surface area contributed by atoms with Crippen molar-refractivity contribution in [2.75, 3.05) is 11.9 Å². The van der Waals surface area contributed by atoms with Gasteiger partial charge in [-0.25, -0.2) is 0 Å². The van der Waals surface area contributed by atoms with E-state index in [0.717, 1.165) is 15.5 Å². The van der Waals surface area contributed by atoms with E-state index in [1.807, 2.05) is 68.4 Å². The third-order valence-electron chi connectivity index (χ3n) is 2.68. The molecule has 2 aromatic carbocycles. The summed E-state index contributed by atoms with van der Waals surface area (Å²) < 4.78 is 5.32. The molecule has 21 heavy (non-hydrogen) atoms. The van der Waals surface area contributed by atoms with E-state index >= 15 is 0 Å². The molecule has 0 aromatic heterocycles. The molecular weight excluding hydrogens is 282 g/mol. The Morgan fingerprint density at radius 3 is 2.48 bits per heavy atom. The summed E-state index contributed by atoms with van der Waals surface area (Å²) in [4.78, 5) is 14.0. The molecule has 0 aliphatic rings. The zero-order valence-electron chi connectivity index (χ0n) is 12.2. The van der Waals surface area contributed by atoms with E-state index in [1.54, 1.807) is 11.8 Å². The molecule has 110 valence electrons. The minimum Gasteiger partial charge on any atom is -0.369 e. The SMILES string of the molecule is CC(C)OCC(=O)Nc1ccccc1Sc1ccccc1. The van der Waals surface area contributed by atoms with Crippen LogP contribution < -0.4 is 5.32 Å². The van der Waals surface area contributed by atoms with E-state index in [-0.39, 0.29) is 18.6 Å². The van der Waals surface area contributed by atoms with Crippen LogP contribution in [0.3, 0.4) is 0 Å². The Labute approximate surface area is 129 Å².